The minimum absolute atomic E-state index is 0. The van der Waals surface area contributed by atoms with Crippen molar-refractivity contribution >= 4 is 51.7 Å². The van der Waals surface area contributed by atoms with Crippen molar-refractivity contribution in [2.24, 2.45) is 4.99 Å². The third-order valence-electron chi connectivity index (χ3n) is 3.88. The molecule has 0 atom stereocenters. The molecule has 0 radical (unpaired) electrons. The number of hydrogen-bond donors (Lipinski definition) is 2. The van der Waals surface area contributed by atoms with E-state index in [1.54, 1.807) is 13.2 Å². The minimum Gasteiger partial charge on any atom is -0.363 e. The van der Waals surface area contributed by atoms with Crippen molar-refractivity contribution in [2.45, 2.75) is 19.4 Å². The number of pyridine rings is 1. The summed E-state index contributed by atoms with van der Waals surface area (Å²) in [5.41, 5.74) is 1.86. The van der Waals surface area contributed by atoms with Gasteiger partial charge in [-0.3, -0.25) is 4.99 Å². The van der Waals surface area contributed by atoms with Crippen molar-refractivity contribution in [3.63, 3.8) is 0 Å². The maximum atomic E-state index is 13.8. The second-order valence-electron chi connectivity index (χ2n) is 6.11. The van der Waals surface area contributed by atoms with E-state index in [1.807, 2.05) is 43.3 Å². The van der Waals surface area contributed by atoms with E-state index in [4.69, 9.17) is 0 Å². The van der Waals surface area contributed by atoms with E-state index in [0.717, 1.165) is 33.8 Å². The quantitative estimate of drug-likeness (QED) is 0.237. The van der Waals surface area contributed by atoms with Crippen LogP contribution in [-0.4, -0.2) is 38.6 Å². The van der Waals surface area contributed by atoms with Crippen molar-refractivity contribution in [2.75, 3.05) is 32.6 Å². The normalized spacial score (nSPS) is 10.9. The molecule has 1 aromatic heterocycles. The zero-order valence-corrected chi connectivity index (χ0v) is 19.7. The smallest absolute Gasteiger partial charge is 0.191 e. The van der Waals surface area contributed by atoms with Gasteiger partial charge in [-0.15, -0.1) is 24.0 Å². The summed E-state index contributed by atoms with van der Waals surface area (Å²) in [5, 5.41) is 6.54. The van der Waals surface area contributed by atoms with Gasteiger partial charge in [-0.25, -0.2) is 9.37 Å². The molecule has 0 unspecified atom stereocenters. The van der Waals surface area contributed by atoms with Gasteiger partial charge >= 0.3 is 0 Å². The minimum atomic E-state index is -0.170. The molecule has 5 nitrogen and oxygen atoms in total. The van der Waals surface area contributed by atoms with Crippen LogP contribution in [0.2, 0.25) is 0 Å². The van der Waals surface area contributed by atoms with Gasteiger partial charge < -0.3 is 15.5 Å². The Morgan fingerprint density at radius 3 is 2.67 bits per heavy atom. The van der Waals surface area contributed by atoms with Crippen molar-refractivity contribution in [1.29, 1.82) is 0 Å². The van der Waals surface area contributed by atoms with Gasteiger partial charge in [-0.05, 0) is 48.2 Å². The number of rotatable bonds is 7. The molecule has 2 rings (SSSR count). The molecule has 0 bridgehead atoms. The lowest BCUT2D eigenvalue weighted by molar-refractivity contribution is 0.602. The van der Waals surface area contributed by atoms with Crippen LogP contribution in [-0.2, 0) is 13.0 Å². The first-order valence-corrected chi connectivity index (χ1v) is 9.29. The fourth-order valence-corrected chi connectivity index (χ4v) is 2.76. The fourth-order valence-electron chi connectivity index (χ4n) is 2.43. The molecule has 2 aromatic rings. The number of halogens is 3. The van der Waals surface area contributed by atoms with Crippen molar-refractivity contribution < 1.29 is 4.39 Å². The molecule has 0 aliphatic rings. The molecule has 0 fully saturated rings. The van der Waals surface area contributed by atoms with E-state index in [-0.39, 0.29) is 29.8 Å². The molecule has 27 heavy (non-hydrogen) atoms. The molecular formula is C19H26BrFIN5. The third-order valence-corrected chi connectivity index (χ3v) is 4.38. The Labute approximate surface area is 186 Å². The first-order valence-electron chi connectivity index (χ1n) is 8.50. The predicted molar refractivity (Wildman–Crippen MR) is 125 cm³/mol. The molecule has 8 heteroatoms. The summed E-state index contributed by atoms with van der Waals surface area (Å²) < 4.78 is 14.6. The molecule has 0 amide bonds. The number of guanidine groups is 1. The zero-order chi connectivity index (χ0) is 18.9. The van der Waals surface area contributed by atoms with Gasteiger partial charge in [0.05, 0.1) is 0 Å². The monoisotopic (exact) mass is 549 g/mol. The summed E-state index contributed by atoms with van der Waals surface area (Å²) >= 11 is 3.27. The Morgan fingerprint density at radius 2 is 2.00 bits per heavy atom. The number of aromatic nitrogens is 1. The summed E-state index contributed by atoms with van der Waals surface area (Å²) in [4.78, 5) is 10.5. The standard InChI is InChI=1S/C19H25BrFN5.HI/c1-22-19(25-13-14-8-10-23-18(11-14)26(2)3)24-9-4-5-15-6-7-16(20)12-17(15)21;/h6-8,10-12H,4-5,9,13H2,1-3H3,(H2,22,24,25);1H. The van der Waals surface area contributed by atoms with Crippen molar-refractivity contribution in [3.05, 3.63) is 57.9 Å². The van der Waals surface area contributed by atoms with E-state index < -0.39 is 0 Å². The van der Waals surface area contributed by atoms with Gasteiger partial charge in [0.1, 0.15) is 11.6 Å². The van der Waals surface area contributed by atoms with Gasteiger partial charge in [0, 0.05) is 44.9 Å². The Hall–Kier alpha value is -1.42. The largest absolute Gasteiger partial charge is 0.363 e. The number of benzene rings is 1. The Balaban J connectivity index is 0.00000364. The summed E-state index contributed by atoms with van der Waals surface area (Å²) in [7, 11) is 5.67. The summed E-state index contributed by atoms with van der Waals surface area (Å²) in [6.07, 6.45) is 3.30. The first kappa shape index (κ1) is 23.6. The third kappa shape index (κ3) is 8.00. The summed E-state index contributed by atoms with van der Waals surface area (Å²) in [6, 6.07) is 9.20. The molecule has 0 aliphatic heterocycles. The van der Waals surface area contributed by atoms with Crippen LogP contribution >= 0.6 is 39.9 Å². The van der Waals surface area contributed by atoms with Gasteiger partial charge in [-0.1, -0.05) is 22.0 Å². The molecule has 2 N–H and O–H groups in total. The number of nitrogens with zero attached hydrogens (tertiary/aromatic N) is 3. The highest BCUT2D eigenvalue weighted by Crippen LogP contribution is 2.16. The number of aliphatic imine (C=N–C) groups is 1. The van der Waals surface area contributed by atoms with Crippen LogP contribution in [0, 0.1) is 5.82 Å². The van der Waals surface area contributed by atoms with Crippen LogP contribution in [0.25, 0.3) is 0 Å². The molecule has 148 valence electrons. The highest BCUT2D eigenvalue weighted by Gasteiger charge is 2.04. The summed E-state index contributed by atoms with van der Waals surface area (Å²) in [5.74, 6) is 1.48. The Morgan fingerprint density at radius 1 is 1.22 bits per heavy atom. The van der Waals surface area contributed by atoms with Gasteiger partial charge in [0.2, 0.25) is 0 Å². The van der Waals surface area contributed by atoms with E-state index in [9.17, 15) is 4.39 Å². The average Bonchev–Trinajstić information content (AvgIpc) is 2.62. The van der Waals surface area contributed by atoms with Crippen LogP contribution in [0.15, 0.2) is 46.0 Å². The highest BCUT2D eigenvalue weighted by atomic mass is 127. The van der Waals surface area contributed by atoms with E-state index in [2.05, 4.69) is 36.5 Å². The first-order chi connectivity index (χ1) is 12.5. The molecule has 0 saturated carbocycles. The van der Waals surface area contributed by atoms with Crippen LogP contribution in [0.5, 0.6) is 0 Å². The molecule has 1 aromatic carbocycles. The highest BCUT2D eigenvalue weighted by molar-refractivity contribution is 14.0. The topological polar surface area (TPSA) is 52.6 Å². The van der Waals surface area contributed by atoms with Crippen molar-refractivity contribution in [3.8, 4) is 0 Å². The second-order valence-corrected chi connectivity index (χ2v) is 7.02. The number of anilines is 1. The van der Waals surface area contributed by atoms with Crippen LogP contribution in [0.1, 0.15) is 17.5 Å². The summed E-state index contributed by atoms with van der Waals surface area (Å²) in [6.45, 7) is 1.37. The maximum absolute atomic E-state index is 13.8. The van der Waals surface area contributed by atoms with Crippen LogP contribution in [0.3, 0.4) is 0 Å². The molecular weight excluding hydrogens is 524 g/mol. The van der Waals surface area contributed by atoms with E-state index >= 15 is 0 Å². The maximum Gasteiger partial charge on any atom is 0.191 e. The van der Waals surface area contributed by atoms with Crippen molar-refractivity contribution in [1.82, 2.24) is 15.6 Å². The van der Waals surface area contributed by atoms with Crippen LogP contribution in [0.4, 0.5) is 10.2 Å². The average molecular weight is 550 g/mol. The van der Waals surface area contributed by atoms with E-state index in [0.29, 0.717) is 19.5 Å². The number of nitrogens with one attached hydrogen (secondary N) is 2. The molecule has 0 saturated heterocycles. The SMILES string of the molecule is CN=C(NCCCc1ccc(Br)cc1F)NCc1ccnc(N(C)C)c1.I. The fraction of sp³-hybridized carbons (Fsp3) is 0.368. The van der Waals surface area contributed by atoms with Crippen LogP contribution < -0.4 is 15.5 Å². The lowest BCUT2D eigenvalue weighted by Crippen LogP contribution is -2.37. The number of hydrogen-bond acceptors (Lipinski definition) is 3. The Bertz CT molecular complexity index is 755. The second kappa shape index (κ2) is 12.1. The van der Waals surface area contributed by atoms with Gasteiger partial charge in [0.25, 0.3) is 0 Å². The molecule has 1 heterocycles. The lowest BCUT2D eigenvalue weighted by atomic mass is 10.1. The van der Waals surface area contributed by atoms with Gasteiger partial charge in [0.15, 0.2) is 5.96 Å². The van der Waals surface area contributed by atoms with Gasteiger partial charge in [-0.2, -0.15) is 0 Å². The molecule has 0 spiro atoms. The number of aryl methyl sites for hydroxylation is 1. The lowest BCUT2D eigenvalue weighted by Gasteiger charge is -2.14. The zero-order valence-electron chi connectivity index (χ0n) is 15.8. The Kier molecular flexibility index (Phi) is 10.6. The predicted octanol–water partition coefficient (Wildman–Crippen LogP) is 3.97. The van der Waals surface area contributed by atoms with E-state index in [1.165, 1.54) is 6.07 Å². The molecule has 0 aliphatic carbocycles.